The molecule has 204 valence electrons. The lowest BCUT2D eigenvalue weighted by Crippen LogP contribution is -2.42. The Kier molecular flexibility index (Phi) is 7.62. The molecular formula is C27H33F2N5O4. The number of fused-ring (bicyclic) bond motifs is 1. The molecule has 0 saturated heterocycles. The molecule has 0 spiro atoms. The van der Waals surface area contributed by atoms with Crippen LogP contribution in [-0.2, 0) is 35.6 Å². The third-order valence-electron chi connectivity index (χ3n) is 7.03. The van der Waals surface area contributed by atoms with Crippen LogP contribution in [0.4, 0.5) is 8.78 Å². The van der Waals surface area contributed by atoms with Crippen molar-refractivity contribution in [2.24, 2.45) is 11.1 Å². The summed E-state index contributed by atoms with van der Waals surface area (Å²) in [6.07, 6.45) is 5.81. The number of nitrogens with one attached hydrogen (secondary N) is 2. The number of halogens is 2. The van der Waals surface area contributed by atoms with Gasteiger partial charge < -0.3 is 20.2 Å². The smallest absolute Gasteiger partial charge is 0.278 e. The van der Waals surface area contributed by atoms with Crippen molar-refractivity contribution < 1.29 is 27.9 Å². The van der Waals surface area contributed by atoms with Gasteiger partial charge in [0.25, 0.3) is 17.7 Å². The van der Waals surface area contributed by atoms with Gasteiger partial charge in [0, 0.05) is 32.4 Å². The minimum absolute atomic E-state index is 0.112. The fraction of sp³-hybridized carbons (Fsp3) is 0.556. The van der Waals surface area contributed by atoms with Crippen molar-refractivity contribution in [3.63, 3.8) is 0 Å². The average Bonchev–Trinajstić information content (AvgIpc) is 3.40. The van der Waals surface area contributed by atoms with Crippen molar-refractivity contribution in [2.45, 2.75) is 76.9 Å². The summed E-state index contributed by atoms with van der Waals surface area (Å²) >= 11 is 0. The number of hydrogen-bond acceptors (Lipinski definition) is 6. The number of carbonyl (C=O) groups is 2. The van der Waals surface area contributed by atoms with E-state index in [9.17, 15) is 18.4 Å². The second-order valence-corrected chi connectivity index (χ2v) is 10.4. The minimum Gasteiger partial charge on any atom is -0.487 e. The zero-order valence-electron chi connectivity index (χ0n) is 21.5. The highest BCUT2D eigenvalue weighted by molar-refractivity contribution is 6.39. The van der Waals surface area contributed by atoms with Crippen LogP contribution < -0.4 is 15.4 Å². The molecule has 5 rings (SSSR count). The van der Waals surface area contributed by atoms with Gasteiger partial charge in [-0.1, -0.05) is 30.1 Å². The first-order valence-corrected chi connectivity index (χ1v) is 13.2. The molecule has 1 atom stereocenters. The van der Waals surface area contributed by atoms with Crippen molar-refractivity contribution in [2.75, 3.05) is 13.2 Å². The number of carbonyl (C=O) groups excluding carboxylic acids is 2. The first-order valence-electron chi connectivity index (χ1n) is 13.2. The van der Waals surface area contributed by atoms with E-state index in [1.807, 2.05) is 10.7 Å². The molecule has 2 amide bonds. The first-order chi connectivity index (χ1) is 18.2. The van der Waals surface area contributed by atoms with Crippen LogP contribution in [0.25, 0.3) is 0 Å². The number of rotatable bonds is 12. The highest BCUT2D eigenvalue weighted by Gasteiger charge is 2.32. The first kappa shape index (κ1) is 26.1. The van der Waals surface area contributed by atoms with Crippen molar-refractivity contribution >= 4 is 17.5 Å². The number of benzene rings is 1. The van der Waals surface area contributed by atoms with E-state index < -0.39 is 12.5 Å². The normalized spacial score (nSPS) is 18.9. The maximum atomic E-state index is 13.2. The Hall–Kier alpha value is -3.50. The standard InChI is InChI=1S/C27H33F2N5O4/c1-27(28,29)16-37-20-4-2-3-18(13-20)7-8-19-14-22-24(26(36)31-19)23(34(32-22)11-9-17-5-6-17)15-30-25(35)21-10-12-38-33-21/h2-4,13,17,19H,5-12,14-16H2,1H3,(H,30,35)(H,31,36). The number of aromatic nitrogens is 2. The summed E-state index contributed by atoms with van der Waals surface area (Å²) in [6, 6.07) is 7.00. The molecule has 2 N–H and O–H groups in total. The van der Waals surface area contributed by atoms with Crippen LogP contribution in [0.1, 0.15) is 66.3 Å². The van der Waals surface area contributed by atoms with E-state index in [0.717, 1.165) is 24.6 Å². The van der Waals surface area contributed by atoms with E-state index in [2.05, 4.69) is 15.8 Å². The van der Waals surface area contributed by atoms with E-state index >= 15 is 0 Å². The molecule has 1 aliphatic carbocycles. The Balaban J connectivity index is 1.24. The van der Waals surface area contributed by atoms with E-state index in [4.69, 9.17) is 14.7 Å². The highest BCUT2D eigenvalue weighted by Crippen LogP contribution is 2.33. The van der Waals surface area contributed by atoms with Crippen molar-refractivity contribution in [3.8, 4) is 5.75 Å². The monoisotopic (exact) mass is 529 g/mol. The number of hydrogen-bond donors (Lipinski definition) is 2. The van der Waals surface area contributed by atoms with E-state index in [1.165, 1.54) is 12.8 Å². The summed E-state index contributed by atoms with van der Waals surface area (Å²) < 4.78 is 33.4. The lowest BCUT2D eigenvalue weighted by atomic mass is 9.95. The van der Waals surface area contributed by atoms with E-state index in [1.54, 1.807) is 18.2 Å². The van der Waals surface area contributed by atoms with Gasteiger partial charge in [0.1, 0.15) is 18.1 Å². The summed E-state index contributed by atoms with van der Waals surface area (Å²) in [6.45, 7) is 1.43. The fourth-order valence-corrected chi connectivity index (χ4v) is 4.82. The van der Waals surface area contributed by atoms with Crippen LogP contribution in [0.2, 0.25) is 0 Å². The van der Waals surface area contributed by atoms with Gasteiger partial charge in [0.15, 0.2) is 6.61 Å². The number of nitrogens with zero attached hydrogens (tertiary/aromatic N) is 3. The molecule has 1 fully saturated rings. The Morgan fingerprint density at radius 1 is 1.32 bits per heavy atom. The van der Waals surface area contributed by atoms with Gasteiger partial charge >= 0.3 is 0 Å². The number of alkyl halides is 2. The molecule has 0 bridgehead atoms. The molecule has 38 heavy (non-hydrogen) atoms. The topological polar surface area (TPSA) is 107 Å². The number of ether oxygens (including phenoxy) is 1. The van der Waals surface area contributed by atoms with Gasteiger partial charge in [0.05, 0.1) is 23.5 Å². The second kappa shape index (κ2) is 11.1. The molecule has 9 nitrogen and oxygen atoms in total. The molecule has 2 aliphatic heterocycles. The van der Waals surface area contributed by atoms with Gasteiger partial charge in [-0.3, -0.25) is 14.3 Å². The van der Waals surface area contributed by atoms with Crippen LogP contribution in [0.15, 0.2) is 29.4 Å². The SMILES string of the molecule is CC(F)(F)COc1cccc(CCC2Cc3nn(CCC4CC4)c(CNC(=O)C4=NOCC4)c3C(=O)N2)c1. The van der Waals surface area contributed by atoms with Crippen LogP contribution in [-0.4, -0.2) is 52.5 Å². The van der Waals surface area contributed by atoms with Crippen LogP contribution in [0, 0.1) is 5.92 Å². The molecule has 3 aliphatic rings. The predicted octanol–water partition coefficient (Wildman–Crippen LogP) is 3.40. The molecule has 1 unspecified atom stereocenters. The van der Waals surface area contributed by atoms with Gasteiger partial charge in [0.2, 0.25) is 0 Å². The summed E-state index contributed by atoms with van der Waals surface area (Å²) in [5.41, 5.74) is 3.28. The summed E-state index contributed by atoms with van der Waals surface area (Å²) in [7, 11) is 0. The highest BCUT2D eigenvalue weighted by atomic mass is 19.3. The molecular weight excluding hydrogens is 496 g/mol. The zero-order chi connectivity index (χ0) is 26.7. The van der Waals surface area contributed by atoms with Crippen molar-refractivity contribution in [1.29, 1.82) is 0 Å². The van der Waals surface area contributed by atoms with Crippen LogP contribution in [0.5, 0.6) is 5.75 Å². The minimum atomic E-state index is -2.90. The van der Waals surface area contributed by atoms with Crippen LogP contribution in [0.3, 0.4) is 0 Å². The maximum absolute atomic E-state index is 13.2. The molecule has 0 radical (unpaired) electrons. The summed E-state index contributed by atoms with van der Waals surface area (Å²) in [5.74, 6) is -2.29. The molecule has 11 heteroatoms. The largest absolute Gasteiger partial charge is 0.487 e. The van der Waals surface area contributed by atoms with Crippen molar-refractivity contribution in [3.05, 3.63) is 46.8 Å². The van der Waals surface area contributed by atoms with E-state index in [0.29, 0.717) is 67.5 Å². The number of oxime groups is 1. The molecule has 1 aromatic carbocycles. The third-order valence-corrected chi connectivity index (χ3v) is 7.03. The Bertz CT molecular complexity index is 1220. The summed E-state index contributed by atoms with van der Waals surface area (Å²) in [5, 5.41) is 14.5. The molecule has 2 aromatic rings. The predicted molar refractivity (Wildman–Crippen MR) is 135 cm³/mol. The maximum Gasteiger partial charge on any atom is 0.278 e. The third kappa shape index (κ3) is 6.68. The molecule has 3 heterocycles. The summed E-state index contributed by atoms with van der Waals surface area (Å²) in [4.78, 5) is 30.6. The quantitative estimate of drug-likeness (QED) is 0.438. The molecule has 1 saturated carbocycles. The second-order valence-electron chi connectivity index (χ2n) is 10.4. The number of aryl methyl sites for hydroxylation is 2. The van der Waals surface area contributed by atoms with Crippen LogP contribution >= 0.6 is 0 Å². The van der Waals surface area contributed by atoms with Gasteiger partial charge in [-0.15, -0.1) is 0 Å². The van der Waals surface area contributed by atoms with Gasteiger partial charge in [-0.2, -0.15) is 5.10 Å². The lowest BCUT2D eigenvalue weighted by molar-refractivity contribution is -0.115. The lowest BCUT2D eigenvalue weighted by Gasteiger charge is -2.23. The molecule has 1 aromatic heterocycles. The van der Waals surface area contributed by atoms with Crippen molar-refractivity contribution in [1.82, 2.24) is 20.4 Å². The van der Waals surface area contributed by atoms with E-state index in [-0.39, 0.29) is 24.4 Å². The fourth-order valence-electron chi connectivity index (χ4n) is 4.82. The Labute approximate surface area is 219 Å². The Morgan fingerprint density at radius 3 is 2.89 bits per heavy atom. The van der Waals surface area contributed by atoms with Gasteiger partial charge in [-0.25, -0.2) is 8.78 Å². The average molecular weight is 530 g/mol. The zero-order valence-corrected chi connectivity index (χ0v) is 21.5. The number of amides is 2. The van der Waals surface area contributed by atoms with Gasteiger partial charge in [-0.05, 0) is 42.9 Å². The Morgan fingerprint density at radius 2 is 2.16 bits per heavy atom.